The lowest BCUT2D eigenvalue weighted by molar-refractivity contribution is 0.173. The first kappa shape index (κ1) is 25.4. The second kappa shape index (κ2) is 10.6. The number of hydrogen-bond acceptors (Lipinski definition) is 7. The third-order valence-corrected chi connectivity index (χ3v) is 8.89. The fraction of sp³-hybridized carbons (Fsp3) is 0.724. The molecule has 198 valence electrons. The Balaban J connectivity index is 1.40. The van der Waals surface area contributed by atoms with Crippen LogP contribution in [0.5, 0.6) is 11.5 Å². The van der Waals surface area contributed by atoms with Gasteiger partial charge in [0.15, 0.2) is 11.5 Å². The Kier molecular flexibility index (Phi) is 7.47. The molecule has 0 bridgehead atoms. The molecule has 5 rings (SSSR count). The van der Waals surface area contributed by atoms with Crippen molar-refractivity contribution in [2.75, 3.05) is 50.6 Å². The molecule has 1 N–H and O–H groups in total. The quantitative estimate of drug-likeness (QED) is 0.549. The van der Waals surface area contributed by atoms with E-state index >= 15 is 0 Å². The molecule has 7 heteroatoms. The average molecular weight is 496 g/mol. The van der Waals surface area contributed by atoms with Crippen LogP contribution in [0.2, 0.25) is 0 Å². The summed E-state index contributed by atoms with van der Waals surface area (Å²) < 4.78 is 11.2. The van der Waals surface area contributed by atoms with Gasteiger partial charge in [0.25, 0.3) is 0 Å². The molecule has 36 heavy (non-hydrogen) atoms. The van der Waals surface area contributed by atoms with Crippen molar-refractivity contribution in [1.29, 1.82) is 0 Å². The van der Waals surface area contributed by atoms with Crippen molar-refractivity contribution >= 4 is 22.7 Å². The number of fused-ring (bicyclic) bond motifs is 1. The van der Waals surface area contributed by atoms with E-state index in [4.69, 9.17) is 19.4 Å². The number of hydrogen-bond donors (Lipinski definition) is 1. The van der Waals surface area contributed by atoms with E-state index in [1.165, 1.54) is 64.5 Å². The van der Waals surface area contributed by atoms with E-state index < -0.39 is 0 Å². The van der Waals surface area contributed by atoms with Crippen molar-refractivity contribution in [1.82, 2.24) is 14.9 Å². The first-order chi connectivity index (χ1) is 17.4. The second-order valence-electron chi connectivity index (χ2n) is 12.1. The molecule has 1 aromatic heterocycles. The third kappa shape index (κ3) is 5.36. The van der Waals surface area contributed by atoms with Crippen molar-refractivity contribution in [3.05, 3.63) is 12.1 Å². The molecule has 2 saturated heterocycles. The maximum Gasteiger partial charge on any atom is 0.227 e. The Labute approximate surface area is 216 Å². The maximum atomic E-state index is 5.62. The van der Waals surface area contributed by atoms with Crippen molar-refractivity contribution in [3.63, 3.8) is 0 Å². The van der Waals surface area contributed by atoms with Gasteiger partial charge in [-0.15, -0.1) is 0 Å². The van der Waals surface area contributed by atoms with E-state index in [1.54, 1.807) is 14.2 Å². The van der Waals surface area contributed by atoms with Crippen LogP contribution in [0.15, 0.2) is 12.1 Å². The van der Waals surface area contributed by atoms with Crippen LogP contribution < -0.4 is 19.7 Å². The summed E-state index contributed by atoms with van der Waals surface area (Å²) in [6.07, 6.45) is 9.96. The highest BCUT2D eigenvalue weighted by Gasteiger charge is 2.31. The Morgan fingerprint density at radius 1 is 0.833 bits per heavy atom. The molecule has 3 heterocycles. The number of methoxy groups -OCH3 is 2. The first-order valence-corrected chi connectivity index (χ1v) is 14.0. The summed E-state index contributed by atoms with van der Waals surface area (Å²) >= 11 is 0. The van der Waals surface area contributed by atoms with Gasteiger partial charge in [-0.2, -0.15) is 4.98 Å². The minimum absolute atomic E-state index is 0.380. The van der Waals surface area contributed by atoms with Gasteiger partial charge in [0.05, 0.1) is 19.7 Å². The number of benzene rings is 1. The number of nitrogens with one attached hydrogen (secondary N) is 1. The van der Waals surface area contributed by atoms with Gasteiger partial charge in [0.2, 0.25) is 5.95 Å². The van der Waals surface area contributed by atoms with Gasteiger partial charge in [-0.1, -0.05) is 20.8 Å². The molecule has 3 fully saturated rings. The summed E-state index contributed by atoms with van der Waals surface area (Å²) in [4.78, 5) is 15.2. The van der Waals surface area contributed by atoms with E-state index in [2.05, 4.69) is 35.9 Å². The van der Waals surface area contributed by atoms with Gasteiger partial charge >= 0.3 is 0 Å². The van der Waals surface area contributed by atoms with Gasteiger partial charge in [0, 0.05) is 36.6 Å². The zero-order chi connectivity index (χ0) is 25.3. The van der Waals surface area contributed by atoms with E-state index in [-0.39, 0.29) is 0 Å². The molecule has 2 aromatic rings. The number of nitrogens with zero attached hydrogens (tertiary/aromatic N) is 4. The molecule has 2 aliphatic heterocycles. The van der Waals surface area contributed by atoms with Crippen LogP contribution in [0.1, 0.15) is 72.1 Å². The van der Waals surface area contributed by atoms with E-state index in [1.807, 2.05) is 12.1 Å². The molecule has 3 aliphatic rings. The molecule has 0 unspecified atom stereocenters. The Hall–Kier alpha value is -2.28. The van der Waals surface area contributed by atoms with E-state index in [0.29, 0.717) is 29.0 Å². The summed E-state index contributed by atoms with van der Waals surface area (Å²) in [5.74, 6) is 3.97. The first-order valence-electron chi connectivity index (χ1n) is 14.0. The van der Waals surface area contributed by atoms with Gasteiger partial charge < -0.3 is 24.6 Å². The Bertz CT molecular complexity index is 1030. The molecule has 0 spiro atoms. The second-order valence-corrected chi connectivity index (χ2v) is 12.1. The molecule has 1 saturated carbocycles. The maximum absolute atomic E-state index is 5.62. The van der Waals surface area contributed by atoms with Crippen LogP contribution in [-0.4, -0.2) is 67.4 Å². The number of piperidine rings is 1. The molecule has 0 atom stereocenters. The zero-order valence-electron chi connectivity index (χ0n) is 23.0. The van der Waals surface area contributed by atoms with Crippen LogP contribution in [-0.2, 0) is 0 Å². The van der Waals surface area contributed by atoms with E-state index in [9.17, 15) is 0 Å². The molecule has 1 aliphatic carbocycles. The van der Waals surface area contributed by atoms with Crippen LogP contribution in [0.25, 0.3) is 10.9 Å². The predicted molar refractivity (Wildman–Crippen MR) is 148 cm³/mol. The molecule has 0 radical (unpaired) electrons. The normalized spacial score (nSPS) is 24.3. The highest BCUT2D eigenvalue weighted by atomic mass is 16.5. The molecule has 1 aromatic carbocycles. The van der Waals surface area contributed by atoms with Crippen LogP contribution >= 0.6 is 0 Å². The van der Waals surface area contributed by atoms with Crippen LogP contribution in [0, 0.1) is 11.3 Å². The number of anilines is 2. The zero-order valence-corrected chi connectivity index (χ0v) is 23.0. The molecular weight excluding hydrogens is 450 g/mol. The molecule has 7 nitrogen and oxygen atoms in total. The lowest BCUT2D eigenvalue weighted by Gasteiger charge is -2.38. The lowest BCUT2D eigenvalue weighted by atomic mass is 9.71. The number of rotatable bonds is 6. The SMILES string of the molecule is COc1cc2nc(N3CCC(N4CCCC4)CC3)nc(NC3CCC(C(C)(C)C)CC3)c2cc1OC. The van der Waals surface area contributed by atoms with Gasteiger partial charge in [-0.25, -0.2) is 4.98 Å². The fourth-order valence-electron chi connectivity index (χ4n) is 6.53. The van der Waals surface area contributed by atoms with Gasteiger partial charge in [-0.05, 0) is 81.9 Å². The number of likely N-dealkylation sites (tertiary alicyclic amines) is 1. The molecular formula is C29H45N5O2. The molecule has 0 amide bonds. The van der Waals surface area contributed by atoms with Crippen LogP contribution in [0.4, 0.5) is 11.8 Å². The van der Waals surface area contributed by atoms with Crippen molar-refractivity contribution in [2.45, 2.75) is 84.2 Å². The van der Waals surface area contributed by atoms with Crippen LogP contribution in [0.3, 0.4) is 0 Å². The topological polar surface area (TPSA) is 62.8 Å². The summed E-state index contributed by atoms with van der Waals surface area (Å²) in [6, 6.07) is 5.17. The summed E-state index contributed by atoms with van der Waals surface area (Å²) in [6.45, 7) is 11.7. The minimum Gasteiger partial charge on any atom is -0.493 e. The van der Waals surface area contributed by atoms with Crippen molar-refractivity contribution < 1.29 is 9.47 Å². The van der Waals surface area contributed by atoms with E-state index in [0.717, 1.165) is 41.7 Å². The van der Waals surface area contributed by atoms with Crippen molar-refractivity contribution in [3.8, 4) is 11.5 Å². The standard InChI is InChI=1S/C29H45N5O2/c1-29(2,3)20-8-10-21(11-9-20)30-27-23-18-25(35-4)26(36-5)19-24(23)31-28(32-27)34-16-12-22(13-17-34)33-14-6-7-15-33/h18-22H,6-17H2,1-5H3,(H,30,31,32). The highest BCUT2D eigenvalue weighted by Crippen LogP contribution is 2.40. The highest BCUT2D eigenvalue weighted by molar-refractivity contribution is 5.93. The summed E-state index contributed by atoms with van der Waals surface area (Å²) in [7, 11) is 3.37. The smallest absolute Gasteiger partial charge is 0.227 e. The summed E-state index contributed by atoms with van der Waals surface area (Å²) in [5, 5.41) is 4.84. The predicted octanol–water partition coefficient (Wildman–Crippen LogP) is 5.73. The largest absolute Gasteiger partial charge is 0.493 e. The third-order valence-electron chi connectivity index (χ3n) is 8.89. The van der Waals surface area contributed by atoms with Crippen molar-refractivity contribution in [2.24, 2.45) is 11.3 Å². The summed E-state index contributed by atoms with van der Waals surface area (Å²) in [5.41, 5.74) is 1.29. The van der Waals surface area contributed by atoms with Gasteiger partial charge in [-0.3, -0.25) is 0 Å². The fourth-order valence-corrected chi connectivity index (χ4v) is 6.53. The minimum atomic E-state index is 0.380. The number of ether oxygens (including phenoxy) is 2. The average Bonchev–Trinajstić information content (AvgIpc) is 3.43. The Morgan fingerprint density at radius 2 is 1.47 bits per heavy atom. The lowest BCUT2D eigenvalue weighted by Crippen LogP contribution is -2.44. The van der Waals surface area contributed by atoms with Gasteiger partial charge in [0.1, 0.15) is 5.82 Å². The Morgan fingerprint density at radius 3 is 2.08 bits per heavy atom. The monoisotopic (exact) mass is 495 g/mol. The number of aromatic nitrogens is 2.